The van der Waals surface area contributed by atoms with Crippen LogP contribution in [-0.2, 0) is 14.8 Å². The number of hydrogen-bond donors (Lipinski definition) is 0. The minimum absolute atomic E-state index is 0. The van der Waals surface area contributed by atoms with Crippen molar-refractivity contribution < 1.29 is 17.9 Å². The van der Waals surface area contributed by atoms with Crippen molar-refractivity contribution >= 4 is 16.0 Å². The predicted octanol–water partition coefficient (Wildman–Crippen LogP) is 2.21. The minimum Gasteiger partial charge on any atom is -0.465 e. The van der Waals surface area contributed by atoms with Crippen LogP contribution in [0.15, 0.2) is 24.3 Å². The molecule has 0 aromatic heterocycles. The number of sulfonamides is 1. The Morgan fingerprint density at radius 3 is 2.35 bits per heavy atom. The first-order valence-corrected chi connectivity index (χ1v) is 7.74. The molecule has 1 fully saturated rings. The molecule has 5 nitrogen and oxygen atoms in total. The minimum atomic E-state index is -3.12. The molecule has 0 unspecified atom stereocenters. The van der Waals surface area contributed by atoms with Gasteiger partial charge in [-0.25, -0.2) is 13.2 Å². The van der Waals surface area contributed by atoms with Crippen LogP contribution in [0.2, 0.25) is 0 Å². The number of hydrogen-bond acceptors (Lipinski definition) is 4. The van der Waals surface area contributed by atoms with Crippen molar-refractivity contribution in [2.45, 2.75) is 26.8 Å². The van der Waals surface area contributed by atoms with Gasteiger partial charge in [-0.3, -0.25) is 0 Å². The molecule has 0 aliphatic carbocycles. The van der Waals surface area contributed by atoms with Crippen molar-refractivity contribution in [2.75, 3.05) is 19.4 Å². The predicted molar refractivity (Wildman–Crippen MR) is 78.0 cm³/mol. The molecule has 0 bridgehead atoms. The molecule has 1 saturated heterocycles. The molecular weight excluding hydrogens is 278 g/mol. The van der Waals surface area contributed by atoms with Crippen molar-refractivity contribution in [3.63, 3.8) is 0 Å². The summed E-state index contributed by atoms with van der Waals surface area (Å²) in [7, 11) is -1.79. The summed E-state index contributed by atoms with van der Waals surface area (Å²) in [6.07, 6.45) is 0.674. The smallest absolute Gasteiger partial charge is 0.337 e. The van der Waals surface area contributed by atoms with Gasteiger partial charge in [-0.05, 0) is 31.0 Å². The van der Waals surface area contributed by atoms with Crippen LogP contribution < -0.4 is 0 Å². The summed E-state index contributed by atoms with van der Waals surface area (Å²) in [5.74, 6) is -0.176. The van der Waals surface area contributed by atoms with E-state index in [1.165, 1.54) is 11.4 Å². The molecule has 1 heterocycles. The zero-order valence-electron chi connectivity index (χ0n) is 11.0. The highest BCUT2D eigenvalue weighted by Gasteiger charge is 2.32. The third kappa shape index (κ3) is 3.19. The number of nitrogens with zero attached hydrogens (tertiary/aromatic N) is 1. The number of benzene rings is 1. The average Bonchev–Trinajstić information content (AvgIpc) is 2.77. The Balaban J connectivity index is 0.00000200. The van der Waals surface area contributed by atoms with Crippen LogP contribution in [0.5, 0.6) is 0 Å². The van der Waals surface area contributed by atoms with Crippen LogP contribution in [0.3, 0.4) is 0 Å². The number of carbonyl (C=O) groups is 1. The van der Waals surface area contributed by atoms with E-state index < -0.39 is 16.0 Å². The third-order valence-corrected chi connectivity index (χ3v) is 5.40. The number of ether oxygens (including phenoxy) is 1. The van der Waals surface area contributed by atoms with E-state index in [4.69, 9.17) is 0 Å². The largest absolute Gasteiger partial charge is 0.465 e. The lowest BCUT2D eigenvalue weighted by molar-refractivity contribution is 0.0600. The van der Waals surface area contributed by atoms with E-state index in [-0.39, 0.29) is 19.2 Å². The molecule has 1 aliphatic rings. The van der Waals surface area contributed by atoms with Crippen molar-refractivity contribution in [3.8, 4) is 0 Å². The molecule has 112 valence electrons. The van der Waals surface area contributed by atoms with Gasteiger partial charge in [0.15, 0.2) is 0 Å². The van der Waals surface area contributed by atoms with Crippen LogP contribution in [0, 0.1) is 0 Å². The lowest BCUT2D eigenvalue weighted by Crippen LogP contribution is -2.28. The summed E-state index contributed by atoms with van der Waals surface area (Å²) in [5, 5.41) is 0. The first kappa shape index (κ1) is 16.7. The van der Waals surface area contributed by atoms with E-state index in [1.54, 1.807) is 24.3 Å². The fraction of sp³-hybridized carbons (Fsp3) is 0.500. The van der Waals surface area contributed by atoms with Gasteiger partial charge < -0.3 is 4.74 Å². The standard InChI is InChI=1S/C13H17NO4S.CH4/c1-10(14-8-3-9-19(14,16)17)11-4-6-12(7-5-11)13(15)18-2;/h4-7,10H,3,8-9H2,1-2H3;1H4/t10-;/m0./s1. The molecule has 1 aromatic carbocycles. The van der Waals surface area contributed by atoms with Gasteiger partial charge in [-0.1, -0.05) is 19.6 Å². The van der Waals surface area contributed by atoms with Crippen LogP contribution in [0.25, 0.3) is 0 Å². The van der Waals surface area contributed by atoms with Gasteiger partial charge >= 0.3 is 5.97 Å². The third-order valence-electron chi connectivity index (χ3n) is 3.38. The van der Waals surface area contributed by atoms with Gasteiger partial charge in [-0.15, -0.1) is 0 Å². The summed E-state index contributed by atoms with van der Waals surface area (Å²) in [4.78, 5) is 11.3. The SMILES string of the molecule is C.COC(=O)c1ccc([C@H](C)N2CCCS2(=O)=O)cc1. The summed E-state index contributed by atoms with van der Waals surface area (Å²) in [6, 6.07) is 6.63. The van der Waals surface area contributed by atoms with Crippen LogP contribution >= 0.6 is 0 Å². The first-order chi connectivity index (χ1) is 8.95. The number of carbonyl (C=O) groups excluding carboxylic acids is 1. The van der Waals surface area contributed by atoms with Crippen LogP contribution in [0.1, 0.15) is 42.7 Å². The monoisotopic (exact) mass is 299 g/mol. The Hall–Kier alpha value is -1.40. The topological polar surface area (TPSA) is 63.7 Å². The Morgan fingerprint density at radius 1 is 1.30 bits per heavy atom. The van der Waals surface area contributed by atoms with Gasteiger partial charge in [0.05, 0.1) is 18.4 Å². The zero-order valence-corrected chi connectivity index (χ0v) is 11.8. The molecule has 0 spiro atoms. The fourth-order valence-corrected chi connectivity index (χ4v) is 4.01. The molecule has 0 saturated carbocycles. The maximum Gasteiger partial charge on any atom is 0.337 e. The molecule has 0 amide bonds. The maximum atomic E-state index is 11.8. The highest BCUT2D eigenvalue weighted by atomic mass is 32.2. The summed E-state index contributed by atoms with van der Waals surface area (Å²) < 4.78 is 29.8. The highest BCUT2D eigenvalue weighted by Crippen LogP contribution is 2.27. The molecule has 6 heteroatoms. The summed E-state index contributed by atoms with van der Waals surface area (Å²) in [6.45, 7) is 2.41. The van der Waals surface area contributed by atoms with E-state index in [9.17, 15) is 13.2 Å². The normalized spacial score (nSPS) is 19.1. The second-order valence-corrected chi connectivity index (χ2v) is 6.61. The Morgan fingerprint density at radius 2 is 1.90 bits per heavy atom. The van der Waals surface area contributed by atoms with Gasteiger partial charge in [0.2, 0.25) is 10.0 Å². The summed E-state index contributed by atoms with van der Waals surface area (Å²) >= 11 is 0. The maximum absolute atomic E-state index is 11.8. The Labute approximate surface area is 120 Å². The summed E-state index contributed by atoms with van der Waals surface area (Å²) in [5.41, 5.74) is 1.33. The molecule has 20 heavy (non-hydrogen) atoms. The molecule has 0 N–H and O–H groups in total. The first-order valence-electron chi connectivity index (χ1n) is 6.13. The Kier molecular flexibility index (Phi) is 5.30. The van der Waals surface area contributed by atoms with E-state index in [0.29, 0.717) is 18.5 Å². The number of esters is 1. The van der Waals surface area contributed by atoms with Gasteiger partial charge in [0.1, 0.15) is 0 Å². The number of methoxy groups -OCH3 is 1. The highest BCUT2D eigenvalue weighted by molar-refractivity contribution is 7.89. The van der Waals surface area contributed by atoms with Crippen molar-refractivity contribution in [2.24, 2.45) is 0 Å². The second kappa shape index (κ2) is 6.37. The molecule has 1 aromatic rings. The van der Waals surface area contributed by atoms with Gasteiger partial charge in [0, 0.05) is 12.6 Å². The lowest BCUT2D eigenvalue weighted by Gasteiger charge is -2.23. The van der Waals surface area contributed by atoms with E-state index in [0.717, 1.165) is 5.56 Å². The molecule has 0 radical (unpaired) electrons. The van der Waals surface area contributed by atoms with E-state index in [2.05, 4.69) is 4.74 Å². The van der Waals surface area contributed by atoms with Gasteiger partial charge in [-0.2, -0.15) is 4.31 Å². The van der Waals surface area contributed by atoms with Crippen molar-refractivity contribution in [1.82, 2.24) is 4.31 Å². The fourth-order valence-electron chi connectivity index (χ4n) is 2.28. The van der Waals surface area contributed by atoms with Crippen molar-refractivity contribution in [1.29, 1.82) is 0 Å². The second-order valence-electron chi connectivity index (χ2n) is 4.57. The quantitative estimate of drug-likeness (QED) is 0.803. The van der Waals surface area contributed by atoms with E-state index >= 15 is 0 Å². The van der Waals surface area contributed by atoms with Gasteiger partial charge in [0.25, 0.3) is 0 Å². The van der Waals surface area contributed by atoms with E-state index in [1.807, 2.05) is 6.92 Å². The lowest BCUT2D eigenvalue weighted by atomic mass is 10.1. The molecule has 2 rings (SSSR count). The van der Waals surface area contributed by atoms with Crippen LogP contribution in [0.4, 0.5) is 0 Å². The molecule has 1 atom stereocenters. The number of rotatable bonds is 3. The Bertz CT molecular complexity index is 565. The average molecular weight is 299 g/mol. The van der Waals surface area contributed by atoms with Crippen molar-refractivity contribution in [3.05, 3.63) is 35.4 Å². The molecular formula is C14H21NO4S. The zero-order chi connectivity index (χ0) is 14.0. The molecule has 1 aliphatic heterocycles. The van der Waals surface area contributed by atoms with Crippen LogP contribution in [-0.4, -0.2) is 38.1 Å².